The minimum absolute atomic E-state index is 0.163. The zero-order valence-electron chi connectivity index (χ0n) is 15.3. The molecule has 2 heterocycles. The molecular formula is C17H26N4O4. The Morgan fingerprint density at radius 2 is 2.00 bits per heavy atom. The molecular weight excluding hydrogens is 324 g/mol. The molecule has 0 aromatic carbocycles. The Kier molecular flexibility index (Phi) is 4.83. The van der Waals surface area contributed by atoms with Crippen molar-refractivity contribution in [3.05, 3.63) is 17.8 Å². The predicted molar refractivity (Wildman–Crippen MR) is 93.2 cm³/mol. The van der Waals surface area contributed by atoms with Crippen molar-refractivity contribution in [3.8, 4) is 5.75 Å². The van der Waals surface area contributed by atoms with Crippen LogP contribution in [0.3, 0.4) is 0 Å². The summed E-state index contributed by atoms with van der Waals surface area (Å²) in [5, 5.41) is 0. The van der Waals surface area contributed by atoms with Crippen LogP contribution in [0.5, 0.6) is 5.75 Å². The number of rotatable bonds is 3. The maximum absolute atomic E-state index is 12.3. The monoisotopic (exact) mass is 350 g/mol. The fourth-order valence-electron chi connectivity index (χ4n) is 2.61. The zero-order valence-corrected chi connectivity index (χ0v) is 15.3. The van der Waals surface area contributed by atoms with Crippen molar-refractivity contribution in [2.75, 3.05) is 18.8 Å². The lowest BCUT2D eigenvalue weighted by atomic mass is 9.90. The van der Waals surface area contributed by atoms with Gasteiger partial charge in [-0.3, -0.25) is 4.79 Å². The van der Waals surface area contributed by atoms with E-state index < -0.39 is 11.5 Å². The first-order chi connectivity index (χ1) is 11.4. The number of primary amides is 1. The highest BCUT2D eigenvalue weighted by Gasteiger charge is 2.44. The normalized spacial score (nSPS) is 19.6. The van der Waals surface area contributed by atoms with Gasteiger partial charge in [0.1, 0.15) is 11.7 Å². The highest BCUT2D eigenvalue weighted by Crippen LogP contribution is 2.35. The van der Waals surface area contributed by atoms with Crippen LogP contribution in [0, 0.1) is 5.41 Å². The smallest absolute Gasteiger partial charge is 0.410 e. The summed E-state index contributed by atoms with van der Waals surface area (Å²) in [6, 6.07) is 1.47. The molecule has 1 aliphatic heterocycles. The van der Waals surface area contributed by atoms with Gasteiger partial charge in [-0.15, -0.1) is 0 Å². The summed E-state index contributed by atoms with van der Waals surface area (Å²) in [6.07, 6.45) is 0.591. The van der Waals surface area contributed by atoms with Gasteiger partial charge in [0, 0.05) is 18.2 Å². The van der Waals surface area contributed by atoms with E-state index in [0.29, 0.717) is 13.1 Å². The third-order valence-corrected chi connectivity index (χ3v) is 3.94. The third kappa shape index (κ3) is 4.52. The molecule has 8 nitrogen and oxygen atoms in total. The second kappa shape index (κ2) is 6.42. The molecule has 0 spiro atoms. The molecule has 1 aromatic heterocycles. The summed E-state index contributed by atoms with van der Waals surface area (Å²) in [4.78, 5) is 29.2. The molecule has 0 saturated carbocycles. The van der Waals surface area contributed by atoms with E-state index in [1.807, 2.05) is 34.6 Å². The van der Waals surface area contributed by atoms with Crippen LogP contribution < -0.4 is 16.2 Å². The minimum atomic E-state index is -0.613. The maximum Gasteiger partial charge on any atom is 0.410 e. The number of aromatic nitrogens is 1. The molecule has 0 aliphatic carbocycles. The van der Waals surface area contributed by atoms with E-state index in [9.17, 15) is 9.59 Å². The molecule has 1 atom stereocenters. The Labute approximate surface area is 147 Å². The second-order valence-corrected chi connectivity index (χ2v) is 7.93. The SMILES string of the molecule is CC(C)(C)OC(=O)N1C[C@H](Oc2cc(C(N)=O)cnc2N)C(C)(C)C1. The van der Waals surface area contributed by atoms with Gasteiger partial charge < -0.3 is 25.8 Å². The van der Waals surface area contributed by atoms with Gasteiger partial charge in [0.15, 0.2) is 11.6 Å². The van der Waals surface area contributed by atoms with E-state index in [-0.39, 0.29) is 34.7 Å². The van der Waals surface area contributed by atoms with Crippen molar-refractivity contribution < 1.29 is 19.1 Å². The Bertz CT molecular complexity index is 682. The molecule has 0 unspecified atom stereocenters. The largest absolute Gasteiger partial charge is 0.484 e. The van der Waals surface area contributed by atoms with Gasteiger partial charge in [0.05, 0.1) is 12.1 Å². The molecule has 8 heteroatoms. The van der Waals surface area contributed by atoms with E-state index in [1.165, 1.54) is 12.3 Å². The summed E-state index contributed by atoms with van der Waals surface area (Å²) in [6.45, 7) is 10.3. The Balaban J connectivity index is 2.16. The van der Waals surface area contributed by atoms with Gasteiger partial charge >= 0.3 is 6.09 Å². The topological polar surface area (TPSA) is 121 Å². The fourth-order valence-corrected chi connectivity index (χ4v) is 2.61. The average molecular weight is 350 g/mol. The van der Waals surface area contributed by atoms with Gasteiger partial charge in [-0.2, -0.15) is 0 Å². The lowest BCUT2D eigenvalue weighted by Crippen LogP contribution is -2.36. The summed E-state index contributed by atoms with van der Waals surface area (Å²) < 4.78 is 11.4. The molecule has 138 valence electrons. The van der Waals surface area contributed by atoms with Crippen LogP contribution in [-0.2, 0) is 4.74 Å². The number of nitrogen functional groups attached to an aromatic ring is 1. The number of carbonyl (C=O) groups excluding carboxylic acids is 2. The first-order valence-electron chi connectivity index (χ1n) is 8.09. The lowest BCUT2D eigenvalue weighted by Gasteiger charge is -2.26. The molecule has 1 saturated heterocycles. The standard InChI is InChI=1S/C17H26N4O4/c1-16(2,3)25-15(23)21-8-12(17(4,5)9-21)24-11-6-10(14(19)22)7-20-13(11)18/h6-7,12H,8-9H2,1-5H3,(H2,18,20)(H2,19,22)/t12-/m0/s1. The number of pyridine rings is 1. The van der Waals surface area contributed by atoms with Crippen LogP contribution in [0.4, 0.5) is 10.6 Å². The molecule has 2 amide bonds. The summed E-state index contributed by atoms with van der Waals surface area (Å²) >= 11 is 0. The van der Waals surface area contributed by atoms with Crippen LogP contribution >= 0.6 is 0 Å². The number of hydrogen-bond acceptors (Lipinski definition) is 6. The lowest BCUT2D eigenvalue weighted by molar-refractivity contribution is 0.0272. The highest BCUT2D eigenvalue weighted by molar-refractivity contribution is 5.93. The molecule has 1 aromatic rings. The number of hydrogen-bond donors (Lipinski definition) is 2. The summed E-state index contributed by atoms with van der Waals surface area (Å²) in [7, 11) is 0. The van der Waals surface area contributed by atoms with Crippen LogP contribution in [0.2, 0.25) is 0 Å². The van der Waals surface area contributed by atoms with Crippen molar-refractivity contribution in [2.24, 2.45) is 11.1 Å². The van der Waals surface area contributed by atoms with Gasteiger partial charge in [0.2, 0.25) is 5.91 Å². The van der Waals surface area contributed by atoms with E-state index in [4.69, 9.17) is 20.9 Å². The van der Waals surface area contributed by atoms with E-state index in [2.05, 4.69) is 4.98 Å². The molecule has 4 N–H and O–H groups in total. The van der Waals surface area contributed by atoms with Crippen molar-refractivity contribution in [2.45, 2.75) is 46.3 Å². The minimum Gasteiger partial charge on any atom is -0.484 e. The first kappa shape index (κ1) is 18.8. The molecule has 0 radical (unpaired) electrons. The van der Waals surface area contributed by atoms with Gasteiger partial charge in [0.25, 0.3) is 0 Å². The number of amides is 2. The predicted octanol–water partition coefficient (Wildman–Crippen LogP) is 1.79. The number of carbonyl (C=O) groups is 2. The third-order valence-electron chi connectivity index (χ3n) is 3.94. The Hall–Kier alpha value is -2.51. The highest BCUT2D eigenvalue weighted by atomic mass is 16.6. The van der Waals surface area contributed by atoms with Crippen LogP contribution in [0.25, 0.3) is 0 Å². The molecule has 2 rings (SSSR count). The molecule has 0 bridgehead atoms. The van der Waals surface area contributed by atoms with Crippen molar-refractivity contribution in [1.82, 2.24) is 9.88 Å². The van der Waals surface area contributed by atoms with Crippen LogP contribution in [0.1, 0.15) is 45.0 Å². The van der Waals surface area contributed by atoms with E-state index >= 15 is 0 Å². The summed E-state index contributed by atoms with van der Waals surface area (Å²) in [5.74, 6) is -0.171. The number of nitrogens with two attached hydrogens (primary N) is 2. The van der Waals surface area contributed by atoms with E-state index in [1.54, 1.807) is 4.90 Å². The van der Waals surface area contributed by atoms with E-state index in [0.717, 1.165) is 0 Å². The number of nitrogens with zero attached hydrogens (tertiary/aromatic N) is 2. The van der Waals surface area contributed by atoms with Crippen LogP contribution in [0.15, 0.2) is 12.3 Å². The molecule has 1 fully saturated rings. The quantitative estimate of drug-likeness (QED) is 0.857. The number of ether oxygens (including phenoxy) is 2. The number of anilines is 1. The van der Waals surface area contributed by atoms with Gasteiger partial charge in [-0.05, 0) is 26.8 Å². The van der Waals surface area contributed by atoms with Gasteiger partial charge in [-0.25, -0.2) is 9.78 Å². The summed E-state index contributed by atoms with van der Waals surface area (Å²) in [5.41, 5.74) is 10.4. The zero-order chi connectivity index (χ0) is 19.0. The van der Waals surface area contributed by atoms with Crippen molar-refractivity contribution in [3.63, 3.8) is 0 Å². The molecule has 1 aliphatic rings. The van der Waals surface area contributed by atoms with Gasteiger partial charge in [-0.1, -0.05) is 13.8 Å². The second-order valence-electron chi connectivity index (χ2n) is 7.93. The first-order valence-corrected chi connectivity index (χ1v) is 8.09. The Morgan fingerprint density at radius 3 is 2.56 bits per heavy atom. The Morgan fingerprint density at radius 1 is 1.36 bits per heavy atom. The van der Waals surface area contributed by atoms with Crippen molar-refractivity contribution in [1.29, 1.82) is 0 Å². The average Bonchev–Trinajstić information content (AvgIpc) is 2.74. The molecule has 25 heavy (non-hydrogen) atoms. The maximum atomic E-state index is 12.3. The van der Waals surface area contributed by atoms with Crippen LogP contribution in [-0.4, -0.2) is 46.7 Å². The number of likely N-dealkylation sites (tertiary alicyclic amines) is 1. The fraction of sp³-hybridized carbons (Fsp3) is 0.588. The van der Waals surface area contributed by atoms with Crippen molar-refractivity contribution >= 4 is 17.8 Å².